The zero-order valence-corrected chi connectivity index (χ0v) is 27.5. The number of carbonyl (C=O) groups is 2. The van der Waals surface area contributed by atoms with Crippen LogP contribution in [0.15, 0.2) is 79.1 Å². The lowest BCUT2D eigenvalue weighted by Crippen LogP contribution is -2.32. The van der Waals surface area contributed by atoms with Gasteiger partial charge in [0.05, 0.1) is 31.7 Å². The smallest absolute Gasteiger partial charge is 0.303 e. The van der Waals surface area contributed by atoms with Crippen molar-refractivity contribution in [1.82, 2.24) is 14.9 Å². The van der Waals surface area contributed by atoms with Crippen LogP contribution in [0.25, 0.3) is 11.1 Å². The molecular formula is C36H39Cl2N3O6. The number of imidazole rings is 1. The Morgan fingerprint density at radius 2 is 1.60 bits per heavy atom. The Kier molecular flexibility index (Phi) is 12.4. The number of hydrogen-bond acceptors (Lipinski definition) is 6. The van der Waals surface area contributed by atoms with E-state index in [-0.39, 0.29) is 36.3 Å². The first-order chi connectivity index (χ1) is 22.8. The number of ether oxygens (including phenoxy) is 2. The van der Waals surface area contributed by atoms with Gasteiger partial charge in [0.15, 0.2) is 11.4 Å². The van der Waals surface area contributed by atoms with Crippen LogP contribution in [0.3, 0.4) is 0 Å². The minimum absolute atomic E-state index is 0.00942. The largest absolute Gasteiger partial charge is 0.481 e. The van der Waals surface area contributed by atoms with Gasteiger partial charge >= 0.3 is 5.97 Å². The standard InChI is InChI=1S/C36H39Cl2N3O6/c37-34-35(38)41(23-40-34)21-30-19-31(27-12-10-24(22-42)11-13-27)47-36(46-30)28-16-14-26(15-17-28)29-7-5-6-25(18-29)20-39-32(43)8-3-1-2-4-9-33(44)45/h5-7,10-18,23,30-31,36,42H,1-4,8-9,19-22H2,(H,39,43)(H,44,45)/t30-,31+,36+/m1/s1. The summed E-state index contributed by atoms with van der Waals surface area (Å²) in [4.78, 5) is 27.0. The third-order valence-corrected chi connectivity index (χ3v) is 8.99. The van der Waals surface area contributed by atoms with Crippen LogP contribution in [0.5, 0.6) is 0 Å². The van der Waals surface area contributed by atoms with Crippen molar-refractivity contribution in [2.24, 2.45) is 0 Å². The van der Waals surface area contributed by atoms with Crippen LogP contribution >= 0.6 is 23.2 Å². The van der Waals surface area contributed by atoms with Gasteiger partial charge in [-0.1, -0.05) is 103 Å². The topological polar surface area (TPSA) is 123 Å². The van der Waals surface area contributed by atoms with Gasteiger partial charge in [0, 0.05) is 31.4 Å². The number of aliphatic hydroxyl groups is 1. The van der Waals surface area contributed by atoms with Crippen LogP contribution in [0.1, 0.15) is 79.6 Å². The fraction of sp³-hybridized carbons (Fsp3) is 0.361. The van der Waals surface area contributed by atoms with E-state index < -0.39 is 12.3 Å². The first kappa shape index (κ1) is 34.6. The number of aliphatic carboxylic acids is 1. The monoisotopic (exact) mass is 679 g/mol. The SMILES string of the molecule is O=C(O)CCCCCCC(=O)NCc1cccc(-c2ccc([C@H]3O[C@@H](Cn4cnc(Cl)c4Cl)C[C@@H](c4ccc(CO)cc4)O3)cc2)c1. The number of nitrogens with zero attached hydrogens (tertiary/aromatic N) is 2. The van der Waals surface area contributed by atoms with Gasteiger partial charge < -0.3 is 29.6 Å². The molecule has 4 aromatic rings. The highest BCUT2D eigenvalue weighted by atomic mass is 35.5. The second kappa shape index (κ2) is 16.9. The van der Waals surface area contributed by atoms with Crippen molar-refractivity contribution in [2.45, 2.75) is 83.1 Å². The molecule has 1 saturated heterocycles. The molecule has 0 radical (unpaired) electrons. The van der Waals surface area contributed by atoms with E-state index in [1.165, 1.54) is 0 Å². The van der Waals surface area contributed by atoms with Crippen LogP contribution in [-0.2, 0) is 38.8 Å². The van der Waals surface area contributed by atoms with Crippen LogP contribution < -0.4 is 5.32 Å². The van der Waals surface area contributed by atoms with E-state index in [0.29, 0.717) is 37.5 Å². The highest BCUT2D eigenvalue weighted by Crippen LogP contribution is 2.39. The number of benzene rings is 3. The summed E-state index contributed by atoms with van der Waals surface area (Å²) in [7, 11) is 0. The van der Waals surface area contributed by atoms with Crippen LogP contribution in [0.4, 0.5) is 0 Å². The van der Waals surface area contributed by atoms with Crippen molar-refractivity contribution in [3.05, 3.63) is 112 Å². The number of amides is 1. The highest BCUT2D eigenvalue weighted by molar-refractivity contribution is 6.40. The Morgan fingerprint density at radius 3 is 2.28 bits per heavy atom. The Hall–Kier alpha value is -3.73. The van der Waals surface area contributed by atoms with Gasteiger partial charge in [-0.15, -0.1) is 0 Å². The highest BCUT2D eigenvalue weighted by Gasteiger charge is 2.33. The quantitative estimate of drug-likeness (QED) is 0.110. The summed E-state index contributed by atoms with van der Waals surface area (Å²) in [6.45, 7) is 0.863. The summed E-state index contributed by atoms with van der Waals surface area (Å²) in [5, 5.41) is 21.8. The Labute approximate surface area is 284 Å². The third kappa shape index (κ3) is 9.89. The summed E-state index contributed by atoms with van der Waals surface area (Å²) in [5.41, 5.74) is 5.74. The second-order valence-corrected chi connectivity index (χ2v) is 12.5. The van der Waals surface area contributed by atoms with Gasteiger partial charge in [0.2, 0.25) is 5.91 Å². The first-order valence-electron chi connectivity index (χ1n) is 15.8. The number of halogens is 2. The van der Waals surface area contributed by atoms with E-state index in [9.17, 15) is 14.7 Å². The van der Waals surface area contributed by atoms with Crippen molar-refractivity contribution >= 4 is 35.1 Å². The molecule has 9 nitrogen and oxygen atoms in total. The van der Waals surface area contributed by atoms with E-state index in [1.807, 2.05) is 66.7 Å². The molecule has 248 valence electrons. The van der Waals surface area contributed by atoms with Crippen LogP contribution in [0.2, 0.25) is 10.3 Å². The Balaban J connectivity index is 1.22. The van der Waals surface area contributed by atoms with Crippen molar-refractivity contribution < 1.29 is 29.3 Å². The molecule has 3 aromatic carbocycles. The number of carboxylic acid groups (broad SMARTS) is 1. The van der Waals surface area contributed by atoms with Gasteiger partial charge in [-0.05, 0) is 46.7 Å². The fourth-order valence-corrected chi connectivity index (χ4v) is 5.93. The number of aliphatic hydroxyl groups excluding tert-OH is 1. The van der Waals surface area contributed by atoms with Crippen LogP contribution in [0, 0.1) is 0 Å². The van der Waals surface area contributed by atoms with Gasteiger partial charge in [0.25, 0.3) is 0 Å². The van der Waals surface area contributed by atoms with Crippen molar-refractivity contribution in [1.29, 1.82) is 0 Å². The van der Waals surface area contributed by atoms with Crippen molar-refractivity contribution in [3.63, 3.8) is 0 Å². The lowest BCUT2D eigenvalue weighted by atomic mass is 9.99. The molecule has 11 heteroatoms. The molecule has 2 heterocycles. The molecule has 0 spiro atoms. The molecule has 5 rings (SSSR count). The summed E-state index contributed by atoms with van der Waals surface area (Å²) < 4.78 is 14.7. The number of unbranched alkanes of at least 4 members (excludes halogenated alkanes) is 3. The van der Waals surface area contributed by atoms with Crippen LogP contribution in [-0.4, -0.2) is 37.7 Å². The predicted molar refractivity (Wildman–Crippen MR) is 180 cm³/mol. The number of hydrogen-bond donors (Lipinski definition) is 3. The fourth-order valence-electron chi connectivity index (χ4n) is 5.62. The van der Waals surface area contributed by atoms with Gasteiger partial charge in [-0.25, -0.2) is 4.98 Å². The lowest BCUT2D eigenvalue weighted by molar-refractivity contribution is -0.252. The molecule has 1 aromatic heterocycles. The zero-order chi connectivity index (χ0) is 33.2. The first-order valence-corrected chi connectivity index (χ1v) is 16.6. The molecule has 0 unspecified atom stereocenters. The molecule has 1 amide bonds. The normalized spacial score (nSPS) is 17.8. The van der Waals surface area contributed by atoms with E-state index in [2.05, 4.69) is 16.4 Å². The molecule has 1 aliphatic rings. The lowest BCUT2D eigenvalue weighted by Gasteiger charge is -2.36. The minimum atomic E-state index is -0.780. The number of carboxylic acids is 1. The maximum Gasteiger partial charge on any atom is 0.303 e. The summed E-state index contributed by atoms with van der Waals surface area (Å²) >= 11 is 12.4. The number of nitrogens with one attached hydrogen (secondary N) is 1. The molecule has 0 aliphatic carbocycles. The van der Waals surface area contributed by atoms with Gasteiger partial charge in [-0.2, -0.15) is 0 Å². The Morgan fingerprint density at radius 1 is 0.872 bits per heavy atom. The molecular weight excluding hydrogens is 641 g/mol. The summed E-state index contributed by atoms with van der Waals surface area (Å²) in [6, 6.07) is 23.9. The summed E-state index contributed by atoms with van der Waals surface area (Å²) in [5.74, 6) is -0.790. The molecule has 1 fully saturated rings. The Bertz CT molecular complexity index is 1630. The number of carbonyl (C=O) groups excluding carboxylic acids is 1. The van der Waals surface area contributed by atoms with E-state index >= 15 is 0 Å². The van der Waals surface area contributed by atoms with Crippen molar-refractivity contribution in [2.75, 3.05) is 0 Å². The number of rotatable bonds is 15. The average molecular weight is 681 g/mol. The molecule has 47 heavy (non-hydrogen) atoms. The molecule has 1 aliphatic heterocycles. The van der Waals surface area contributed by atoms with Gasteiger partial charge in [-0.3, -0.25) is 9.59 Å². The number of aromatic nitrogens is 2. The van der Waals surface area contributed by atoms with Crippen molar-refractivity contribution in [3.8, 4) is 11.1 Å². The predicted octanol–water partition coefficient (Wildman–Crippen LogP) is 7.64. The third-order valence-electron chi connectivity index (χ3n) is 8.23. The minimum Gasteiger partial charge on any atom is -0.481 e. The molecule has 3 atom stereocenters. The van der Waals surface area contributed by atoms with E-state index in [1.54, 1.807) is 10.9 Å². The molecule has 3 N–H and O–H groups in total. The van der Waals surface area contributed by atoms with Gasteiger partial charge in [0.1, 0.15) is 5.15 Å². The van der Waals surface area contributed by atoms with E-state index in [4.69, 9.17) is 37.8 Å². The zero-order valence-electron chi connectivity index (χ0n) is 26.0. The average Bonchev–Trinajstić information content (AvgIpc) is 3.41. The maximum absolute atomic E-state index is 12.3. The second-order valence-electron chi connectivity index (χ2n) is 11.7. The molecule has 0 bridgehead atoms. The summed E-state index contributed by atoms with van der Waals surface area (Å²) in [6.07, 6.45) is 4.75. The maximum atomic E-state index is 12.3. The van der Waals surface area contributed by atoms with E-state index in [0.717, 1.165) is 52.6 Å². The molecule has 0 saturated carbocycles.